The van der Waals surface area contributed by atoms with Crippen LogP contribution in [0.4, 0.5) is 0 Å². The molecule has 0 radical (unpaired) electrons. The van der Waals surface area contributed by atoms with Gasteiger partial charge in [-0.1, -0.05) is 0 Å². The van der Waals surface area contributed by atoms with Crippen molar-refractivity contribution < 1.29 is 44.4 Å². The van der Waals surface area contributed by atoms with E-state index < -0.39 is 72.1 Å². The van der Waals surface area contributed by atoms with Crippen molar-refractivity contribution >= 4 is 29.6 Å². The van der Waals surface area contributed by atoms with Gasteiger partial charge in [0.1, 0.15) is 24.2 Å². The van der Waals surface area contributed by atoms with Crippen LogP contribution in [-0.2, 0) is 24.0 Å². The van der Waals surface area contributed by atoms with Gasteiger partial charge in [-0.05, 0) is 27.2 Å². The third kappa shape index (κ3) is 9.69. The first kappa shape index (κ1) is 28.2. The zero-order valence-electron chi connectivity index (χ0n) is 17.4. The summed E-state index contributed by atoms with van der Waals surface area (Å²) >= 11 is 0. The minimum atomic E-state index is -1.66. The van der Waals surface area contributed by atoms with Gasteiger partial charge in [0.05, 0.1) is 18.3 Å². The molecule has 7 unspecified atom stereocenters. The topological polar surface area (TPSA) is 254 Å². The molecule has 0 saturated heterocycles. The molecule has 0 bridgehead atoms. The second-order valence-corrected chi connectivity index (χ2v) is 7.12. The summed E-state index contributed by atoms with van der Waals surface area (Å²) in [5, 5.41) is 44.5. The van der Waals surface area contributed by atoms with Gasteiger partial charge in [0.2, 0.25) is 23.6 Å². The molecule has 0 rings (SSSR count). The summed E-state index contributed by atoms with van der Waals surface area (Å²) in [6.07, 6.45) is -4.85. The third-order valence-electron chi connectivity index (χ3n) is 4.24. The minimum absolute atomic E-state index is 0.319. The lowest BCUT2D eigenvalue weighted by Crippen LogP contribution is -2.62. The molecule has 11 N–H and O–H groups in total. The summed E-state index contributed by atoms with van der Waals surface area (Å²) in [5.74, 6) is -5.37. The van der Waals surface area contributed by atoms with Crippen molar-refractivity contribution in [3.8, 4) is 0 Å². The molecular formula is C17H31N5O9. The van der Waals surface area contributed by atoms with Gasteiger partial charge in [-0.15, -0.1) is 0 Å². The maximum absolute atomic E-state index is 12.5. The molecule has 0 saturated carbocycles. The van der Waals surface area contributed by atoms with E-state index in [1.54, 1.807) is 0 Å². The van der Waals surface area contributed by atoms with Crippen molar-refractivity contribution in [1.29, 1.82) is 0 Å². The number of carbonyl (C=O) groups is 5. The van der Waals surface area contributed by atoms with Crippen LogP contribution in [0.2, 0.25) is 0 Å². The van der Waals surface area contributed by atoms with Gasteiger partial charge in [0, 0.05) is 6.42 Å². The molecule has 0 spiro atoms. The lowest BCUT2D eigenvalue weighted by atomic mass is 10.1. The quantitative estimate of drug-likeness (QED) is 0.130. The van der Waals surface area contributed by atoms with Crippen LogP contribution in [0.15, 0.2) is 0 Å². The Balaban J connectivity index is 5.36. The molecule has 0 fully saturated rings. The normalized spacial score (nSPS) is 17.8. The molecule has 0 aliphatic heterocycles. The maximum atomic E-state index is 12.5. The Kier molecular flexibility index (Phi) is 11.6. The fourth-order valence-corrected chi connectivity index (χ4v) is 2.33. The van der Waals surface area contributed by atoms with Crippen molar-refractivity contribution in [2.75, 3.05) is 0 Å². The fourth-order valence-electron chi connectivity index (χ4n) is 2.33. The molecule has 14 heteroatoms. The van der Waals surface area contributed by atoms with Gasteiger partial charge >= 0.3 is 5.97 Å². The number of hydrogen-bond acceptors (Lipinski definition) is 9. The van der Waals surface area contributed by atoms with Crippen molar-refractivity contribution in [2.24, 2.45) is 11.5 Å². The number of carbonyl (C=O) groups excluding carboxylic acids is 4. The van der Waals surface area contributed by atoms with Gasteiger partial charge < -0.3 is 47.8 Å². The highest BCUT2D eigenvalue weighted by atomic mass is 16.4. The highest BCUT2D eigenvalue weighted by molar-refractivity contribution is 5.94. The van der Waals surface area contributed by atoms with Crippen LogP contribution in [-0.4, -0.2) is 92.5 Å². The molecule has 0 aliphatic rings. The Morgan fingerprint density at radius 3 is 1.55 bits per heavy atom. The first-order valence-corrected chi connectivity index (χ1v) is 9.41. The van der Waals surface area contributed by atoms with Crippen LogP contribution in [0.3, 0.4) is 0 Å². The number of nitrogens with two attached hydrogens (primary N) is 2. The van der Waals surface area contributed by atoms with Gasteiger partial charge in [-0.3, -0.25) is 19.2 Å². The van der Waals surface area contributed by atoms with E-state index in [4.69, 9.17) is 16.6 Å². The predicted molar refractivity (Wildman–Crippen MR) is 105 cm³/mol. The summed E-state index contributed by atoms with van der Waals surface area (Å²) in [5.41, 5.74) is 10.4. The average Bonchev–Trinajstić information content (AvgIpc) is 2.64. The van der Waals surface area contributed by atoms with E-state index in [0.29, 0.717) is 0 Å². The van der Waals surface area contributed by atoms with Crippen LogP contribution in [0.25, 0.3) is 0 Å². The number of nitrogens with one attached hydrogen (secondary N) is 3. The molecule has 4 amide bonds. The van der Waals surface area contributed by atoms with Gasteiger partial charge in [0.15, 0.2) is 0 Å². The molecule has 0 aromatic heterocycles. The van der Waals surface area contributed by atoms with Crippen LogP contribution >= 0.6 is 0 Å². The Hall–Kier alpha value is -2.81. The fraction of sp³-hybridized carbons (Fsp3) is 0.706. The molecule has 7 atom stereocenters. The lowest BCUT2D eigenvalue weighted by Gasteiger charge is -2.27. The Morgan fingerprint density at radius 1 is 0.774 bits per heavy atom. The first-order valence-electron chi connectivity index (χ1n) is 9.41. The molecule has 0 heterocycles. The molecule has 14 nitrogen and oxygen atoms in total. The van der Waals surface area contributed by atoms with E-state index in [2.05, 4.69) is 16.0 Å². The number of carboxylic acid groups (broad SMARTS) is 1. The third-order valence-corrected chi connectivity index (χ3v) is 4.24. The summed E-state index contributed by atoms with van der Waals surface area (Å²) in [4.78, 5) is 59.0. The van der Waals surface area contributed by atoms with Crippen molar-refractivity contribution in [3.05, 3.63) is 0 Å². The number of primary amides is 1. The first-order chi connectivity index (χ1) is 14.2. The van der Waals surface area contributed by atoms with E-state index in [-0.39, 0.29) is 12.8 Å². The van der Waals surface area contributed by atoms with Crippen LogP contribution in [0.1, 0.15) is 33.6 Å². The number of aliphatic hydroxyl groups excluding tert-OH is 3. The van der Waals surface area contributed by atoms with Gasteiger partial charge in [-0.25, -0.2) is 4.79 Å². The SMILES string of the molecule is CC(O)C(N)C(=O)NC(C(=O)NC(C(=O)NC(CCC(N)=O)C(=O)O)C(C)O)C(C)O. The van der Waals surface area contributed by atoms with E-state index in [1.807, 2.05) is 0 Å². The number of carboxylic acids is 1. The summed E-state index contributed by atoms with van der Waals surface area (Å²) in [7, 11) is 0. The highest BCUT2D eigenvalue weighted by Crippen LogP contribution is 2.03. The second-order valence-electron chi connectivity index (χ2n) is 7.12. The van der Waals surface area contributed by atoms with Gasteiger partial charge in [-0.2, -0.15) is 0 Å². The zero-order valence-corrected chi connectivity index (χ0v) is 17.4. The van der Waals surface area contributed by atoms with Crippen LogP contribution in [0.5, 0.6) is 0 Å². The smallest absolute Gasteiger partial charge is 0.326 e. The molecule has 31 heavy (non-hydrogen) atoms. The van der Waals surface area contributed by atoms with Crippen molar-refractivity contribution in [3.63, 3.8) is 0 Å². The molecular weight excluding hydrogens is 418 g/mol. The Labute approximate surface area is 178 Å². The van der Waals surface area contributed by atoms with E-state index in [0.717, 1.165) is 6.92 Å². The van der Waals surface area contributed by atoms with E-state index in [9.17, 15) is 39.3 Å². The summed E-state index contributed by atoms with van der Waals surface area (Å²) in [6.45, 7) is 3.55. The predicted octanol–water partition coefficient (Wildman–Crippen LogP) is -4.74. The largest absolute Gasteiger partial charge is 0.480 e. The number of amides is 4. The number of aliphatic carboxylic acids is 1. The molecule has 0 aliphatic carbocycles. The average molecular weight is 449 g/mol. The summed E-state index contributed by atoms with van der Waals surface area (Å²) < 4.78 is 0. The van der Waals surface area contributed by atoms with E-state index in [1.165, 1.54) is 13.8 Å². The van der Waals surface area contributed by atoms with Crippen LogP contribution < -0.4 is 27.4 Å². The Bertz CT molecular complexity index is 668. The van der Waals surface area contributed by atoms with Crippen molar-refractivity contribution in [2.45, 2.75) is 76.1 Å². The van der Waals surface area contributed by atoms with Gasteiger partial charge in [0.25, 0.3) is 0 Å². The number of aliphatic hydroxyl groups is 3. The standard InChI is InChI=1S/C17H31N5O9/c1-6(23)11(19)14(27)21-13(8(3)25)16(29)22-12(7(2)24)15(28)20-9(17(30)31)4-5-10(18)26/h6-9,11-13,23-25H,4-5,19H2,1-3H3,(H2,18,26)(H,20,28)(H,21,27)(H,22,29)(H,30,31). The highest BCUT2D eigenvalue weighted by Gasteiger charge is 2.34. The second kappa shape index (κ2) is 12.8. The minimum Gasteiger partial charge on any atom is -0.480 e. The van der Waals surface area contributed by atoms with E-state index >= 15 is 0 Å². The van der Waals surface area contributed by atoms with Crippen molar-refractivity contribution in [1.82, 2.24) is 16.0 Å². The molecule has 0 aromatic rings. The molecule has 178 valence electrons. The zero-order chi connectivity index (χ0) is 24.5. The molecule has 0 aromatic carbocycles. The number of hydrogen-bond donors (Lipinski definition) is 9. The number of rotatable bonds is 13. The maximum Gasteiger partial charge on any atom is 0.326 e. The Morgan fingerprint density at radius 2 is 1.19 bits per heavy atom. The lowest BCUT2D eigenvalue weighted by molar-refractivity contribution is -0.143. The monoisotopic (exact) mass is 449 g/mol. The van der Waals surface area contributed by atoms with Crippen LogP contribution in [0, 0.1) is 0 Å². The summed E-state index contributed by atoms with van der Waals surface area (Å²) in [6, 6.07) is -6.18.